The first-order chi connectivity index (χ1) is 11.7. The van der Waals surface area contributed by atoms with Gasteiger partial charge in [-0.2, -0.15) is 5.10 Å². The fourth-order valence-electron chi connectivity index (χ4n) is 2.11. The van der Waals surface area contributed by atoms with E-state index in [1.54, 1.807) is 16.1 Å². The summed E-state index contributed by atoms with van der Waals surface area (Å²) < 4.78 is 0. The molecule has 5 nitrogen and oxygen atoms in total. The molecule has 0 aliphatic heterocycles. The van der Waals surface area contributed by atoms with Crippen LogP contribution in [0.1, 0.15) is 10.7 Å². The van der Waals surface area contributed by atoms with Crippen LogP contribution >= 0.6 is 11.3 Å². The number of hydrogen-bond acceptors (Lipinski definition) is 4. The van der Waals surface area contributed by atoms with Crippen molar-refractivity contribution in [1.29, 1.82) is 0 Å². The molecule has 4 aromatic rings. The molecular formula is C18H18N5S+. The molecule has 120 valence electrons. The minimum atomic E-state index is 0.759. The summed E-state index contributed by atoms with van der Waals surface area (Å²) in [5, 5.41) is 14.5. The predicted molar refractivity (Wildman–Crippen MR) is 94.9 cm³/mol. The Labute approximate surface area is 144 Å². The van der Waals surface area contributed by atoms with Crippen molar-refractivity contribution in [2.24, 2.45) is 0 Å². The number of thiazole rings is 1. The van der Waals surface area contributed by atoms with Crippen LogP contribution in [0.4, 0.5) is 0 Å². The van der Waals surface area contributed by atoms with E-state index in [4.69, 9.17) is 0 Å². The first-order valence-corrected chi connectivity index (χ1v) is 8.45. The molecule has 0 spiro atoms. The summed E-state index contributed by atoms with van der Waals surface area (Å²) in [5.74, 6) is 0.759. The van der Waals surface area contributed by atoms with Gasteiger partial charge in [-0.05, 0) is 42.9 Å². The number of aromatic nitrogens is 5. The van der Waals surface area contributed by atoms with Crippen LogP contribution in [0.15, 0.2) is 66.0 Å². The summed E-state index contributed by atoms with van der Waals surface area (Å²) in [5.41, 5.74) is 3.11. The average Bonchev–Trinajstić information content (AvgIpc) is 3.26. The quantitative estimate of drug-likeness (QED) is 0.570. The Kier molecular flexibility index (Phi) is 5.08. The highest BCUT2D eigenvalue weighted by molar-refractivity contribution is 7.09. The van der Waals surface area contributed by atoms with Gasteiger partial charge in [0.1, 0.15) is 0 Å². The molecule has 2 aromatic carbocycles. The second-order valence-corrected chi connectivity index (χ2v) is 6.23. The van der Waals surface area contributed by atoms with Crippen molar-refractivity contribution < 1.29 is 4.80 Å². The van der Waals surface area contributed by atoms with Gasteiger partial charge in [0.2, 0.25) is 0 Å². The number of aryl methyl sites for hydroxylation is 2. The predicted octanol–water partition coefficient (Wildman–Crippen LogP) is 3.51. The zero-order valence-corrected chi connectivity index (χ0v) is 14.4. The normalized spacial score (nSPS) is 10.1. The Morgan fingerprint density at radius 1 is 0.917 bits per heavy atom. The first-order valence-electron chi connectivity index (χ1n) is 7.57. The molecule has 4 rings (SSSR count). The molecule has 2 heterocycles. The Balaban J connectivity index is 0.000000203. The molecule has 0 bridgehead atoms. The largest absolute Gasteiger partial charge is 0.313 e. The van der Waals surface area contributed by atoms with Crippen molar-refractivity contribution in [1.82, 2.24) is 20.4 Å². The van der Waals surface area contributed by atoms with E-state index in [2.05, 4.69) is 25.8 Å². The van der Waals surface area contributed by atoms with Gasteiger partial charge in [0.05, 0.1) is 10.1 Å². The van der Waals surface area contributed by atoms with E-state index in [1.165, 1.54) is 0 Å². The first kappa shape index (κ1) is 16.0. The lowest BCUT2D eigenvalue weighted by molar-refractivity contribution is -0.716. The third-order valence-corrected chi connectivity index (χ3v) is 4.12. The van der Waals surface area contributed by atoms with E-state index in [0.29, 0.717) is 0 Å². The van der Waals surface area contributed by atoms with Crippen LogP contribution in [0.2, 0.25) is 0 Å². The number of rotatable bonds is 2. The van der Waals surface area contributed by atoms with Gasteiger partial charge in [0, 0.05) is 16.6 Å². The molecule has 0 radical (unpaired) electrons. The Morgan fingerprint density at radius 2 is 1.58 bits per heavy atom. The topological polar surface area (TPSA) is 58.3 Å². The molecule has 1 N–H and O–H groups in total. The van der Waals surface area contributed by atoms with Crippen molar-refractivity contribution in [3.8, 4) is 17.1 Å². The van der Waals surface area contributed by atoms with E-state index in [1.807, 2.05) is 74.5 Å². The highest BCUT2D eigenvalue weighted by atomic mass is 32.1. The van der Waals surface area contributed by atoms with Gasteiger partial charge < -0.3 is 0 Å². The zero-order chi connectivity index (χ0) is 16.8. The number of para-hydroxylation sites is 1. The molecule has 6 heteroatoms. The van der Waals surface area contributed by atoms with Gasteiger partial charge in [0.15, 0.2) is 10.9 Å². The maximum Gasteiger partial charge on any atom is 0.313 e. The Bertz CT molecular complexity index is 813. The molecule has 0 amide bonds. The monoisotopic (exact) mass is 336 g/mol. The van der Waals surface area contributed by atoms with Crippen LogP contribution in [0.5, 0.6) is 0 Å². The maximum absolute atomic E-state index is 4.13. The van der Waals surface area contributed by atoms with Crippen molar-refractivity contribution in [2.45, 2.75) is 13.8 Å². The molecule has 24 heavy (non-hydrogen) atoms. The zero-order valence-electron chi connectivity index (χ0n) is 13.5. The van der Waals surface area contributed by atoms with Crippen LogP contribution in [0.3, 0.4) is 0 Å². The fourth-order valence-corrected chi connectivity index (χ4v) is 2.70. The number of H-pyrrole nitrogens is 1. The number of tetrazole rings is 1. The minimum absolute atomic E-state index is 0.759. The molecule has 0 unspecified atom stereocenters. The summed E-state index contributed by atoms with van der Waals surface area (Å²) in [7, 11) is 0. The van der Waals surface area contributed by atoms with Crippen LogP contribution < -0.4 is 4.80 Å². The third kappa shape index (κ3) is 4.11. The van der Waals surface area contributed by atoms with Crippen LogP contribution in [0, 0.1) is 13.8 Å². The van der Waals surface area contributed by atoms with E-state index >= 15 is 0 Å². The summed E-state index contributed by atoms with van der Waals surface area (Å²) in [4.78, 5) is 5.78. The molecule has 0 fully saturated rings. The van der Waals surface area contributed by atoms with Crippen molar-refractivity contribution in [2.75, 3.05) is 0 Å². The Morgan fingerprint density at radius 3 is 2.12 bits per heavy atom. The summed E-state index contributed by atoms with van der Waals surface area (Å²) in [6.45, 7) is 4.02. The van der Waals surface area contributed by atoms with Crippen LogP contribution in [-0.2, 0) is 0 Å². The number of aromatic amines is 1. The molecular weight excluding hydrogens is 318 g/mol. The maximum atomic E-state index is 4.13. The van der Waals surface area contributed by atoms with Crippen molar-refractivity contribution in [3.63, 3.8) is 0 Å². The number of nitrogens with zero attached hydrogens (tertiary/aromatic N) is 4. The highest BCUT2D eigenvalue weighted by Gasteiger charge is 2.13. The smallest absolute Gasteiger partial charge is 0.247 e. The van der Waals surface area contributed by atoms with Crippen molar-refractivity contribution in [3.05, 3.63) is 76.7 Å². The van der Waals surface area contributed by atoms with Gasteiger partial charge in [-0.25, -0.2) is 4.98 Å². The van der Waals surface area contributed by atoms with Gasteiger partial charge >= 0.3 is 5.82 Å². The molecule has 0 aliphatic rings. The minimum Gasteiger partial charge on any atom is -0.247 e. The lowest BCUT2D eigenvalue weighted by Crippen LogP contribution is -2.35. The molecule has 0 aliphatic carbocycles. The van der Waals surface area contributed by atoms with Crippen LogP contribution in [-0.4, -0.2) is 20.4 Å². The third-order valence-electron chi connectivity index (χ3n) is 3.23. The molecule has 0 saturated heterocycles. The van der Waals surface area contributed by atoms with Crippen LogP contribution in [0.25, 0.3) is 17.1 Å². The number of nitrogens with one attached hydrogen (secondary N) is 1. The van der Waals surface area contributed by atoms with Crippen molar-refractivity contribution >= 4 is 11.3 Å². The highest BCUT2D eigenvalue weighted by Crippen LogP contribution is 2.11. The fraction of sp³-hybridized carbons (Fsp3) is 0.111. The van der Waals surface area contributed by atoms with E-state index < -0.39 is 0 Å². The molecule has 2 aromatic heterocycles. The SMILES string of the molecule is Cc1csc(C)n1.c1ccc(-c2nn[n+](-c3ccccc3)[nH]2)cc1. The van der Waals surface area contributed by atoms with E-state index in [9.17, 15) is 0 Å². The lowest BCUT2D eigenvalue weighted by atomic mass is 10.2. The number of hydrogen-bond donors (Lipinski definition) is 1. The van der Waals surface area contributed by atoms with Gasteiger partial charge in [-0.3, -0.25) is 0 Å². The Hall–Kier alpha value is -2.86. The standard InChI is InChI=1S/C13H10N4.C5H7NS/c1-3-7-11(8-4-1)13-14-16-17(15-13)12-9-5-2-6-10-12;1-4-3-7-5(2)6-4/h1-10H;3H,1-2H3/p+1. The number of benzene rings is 2. The van der Waals surface area contributed by atoms with Gasteiger partial charge in [-0.1, -0.05) is 36.4 Å². The summed E-state index contributed by atoms with van der Waals surface area (Å²) >= 11 is 1.69. The van der Waals surface area contributed by atoms with E-state index in [-0.39, 0.29) is 0 Å². The van der Waals surface area contributed by atoms with Gasteiger partial charge in [0.25, 0.3) is 0 Å². The lowest BCUT2D eigenvalue weighted by Gasteiger charge is -1.90. The molecule has 0 atom stereocenters. The average molecular weight is 336 g/mol. The molecule has 0 saturated carbocycles. The van der Waals surface area contributed by atoms with E-state index in [0.717, 1.165) is 27.8 Å². The summed E-state index contributed by atoms with van der Waals surface area (Å²) in [6, 6.07) is 19.8. The second-order valence-electron chi connectivity index (χ2n) is 5.17. The van der Waals surface area contributed by atoms with Gasteiger partial charge in [-0.15, -0.1) is 11.3 Å². The summed E-state index contributed by atoms with van der Waals surface area (Å²) in [6.07, 6.45) is 0. The second kappa shape index (κ2) is 7.61.